The predicted molar refractivity (Wildman–Crippen MR) is 70.2 cm³/mol. The molecule has 0 radical (unpaired) electrons. The van der Waals surface area contributed by atoms with Gasteiger partial charge in [-0.25, -0.2) is 9.97 Å². The molecule has 0 aromatic carbocycles. The Morgan fingerprint density at radius 2 is 2.05 bits per heavy atom. The summed E-state index contributed by atoms with van der Waals surface area (Å²) in [5.41, 5.74) is 4.85. The minimum absolute atomic E-state index is 0.109. The normalized spacial score (nSPS) is 23.6. The summed E-state index contributed by atoms with van der Waals surface area (Å²) < 4.78 is 38.1. The Kier molecular flexibility index (Phi) is 4.47. The average molecular weight is 288 g/mol. The highest BCUT2D eigenvalue weighted by Crippen LogP contribution is 2.31. The summed E-state index contributed by atoms with van der Waals surface area (Å²) in [6.07, 6.45) is 0.808. The largest absolute Gasteiger partial charge is 0.433 e. The highest BCUT2D eigenvalue weighted by Gasteiger charge is 2.34. The van der Waals surface area contributed by atoms with E-state index in [1.54, 1.807) is 11.9 Å². The van der Waals surface area contributed by atoms with Gasteiger partial charge in [-0.2, -0.15) is 13.2 Å². The molecular weight excluding hydrogens is 269 g/mol. The maximum atomic E-state index is 12.7. The summed E-state index contributed by atoms with van der Waals surface area (Å²) in [6.45, 7) is 0.536. The van der Waals surface area contributed by atoms with Crippen LogP contribution in [0.3, 0.4) is 0 Å². The van der Waals surface area contributed by atoms with Crippen molar-refractivity contribution >= 4 is 5.95 Å². The molecule has 20 heavy (non-hydrogen) atoms. The van der Waals surface area contributed by atoms with Crippen molar-refractivity contribution in [3.8, 4) is 0 Å². The second-order valence-corrected chi connectivity index (χ2v) is 5.20. The monoisotopic (exact) mass is 288 g/mol. The summed E-state index contributed by atoms with van der Waals surface area (Å²) in [6, 6.07) is 0.996. The number of hydrogen-bond acceptors (Lipinski definition) is 4. The molecule has 0 amide bonds. The molecule has 1 aromatic heterocycles. The van der Waals surface area contributed by atoms with Gasteiger partial charge in [0.05, 0.1) is 0 Å². The molecule has 0 bridgehead atoms. The zero-order chi connectivity index (χ0) is 14.8. The molecule has 2 N–H and O–H groups in total. The topological polar surface area (TPSA) is 55.0 Å². The fraction of sp³-hybridized carbons (Fsp3) is 0.692. The Balaban J connectivity index is 2.21. The van der Waals surface area contributed by atoms with Gasteiger partial charge in [-0.3, -0.25) is 0 Å². The first-order valence-electron chi connectivity index (χ1n) is 6.76. The molecule has 1 fully saturated rings. The van der Waals surface area contributed by atoms with Crippen molar-refractivity contribution in [1.29, 1.82) is 0 Å². The van der Waals surface area contributed by atoms with Crippen molar-refractivity contribution in [3.05, 3.63) is 18.0 Å². The first-order valence-corrected chi connectivity index (χ1v) is 6.76. The molecule has 0 spiro atoms. The lowest BCUT2D eigenvalue weighted by molar-refractivity contribution is -0.141. The van der Waals surface area contributed by atoms with Gasteiger partial charge in [-0.15, -0.1) is 0 Å². The van der Waals surface area contributed by atoms with Gasteiger partial charge in [0.15, 0.2) is 0 Å². The number of rotatable bonds is 3. The van der Waals surface area contributed by atoms with Gasteiger partial charge in [0, 0.05) is 19.3 Å². The molecule has 4 nitrogen and oxygen atoms in total. The van der Waals surface area contributed by atoms with Crippen LogP contribution in [0.2, 0.25) is 0 Å². The lowest BCUT2D eigenvalue weighted by Crippen LogP contribution is -2.44. The van der Waals surface area contributed by atoms with E-state index in [1.165, 1.54) is 0 Å². The van der Waals surface area contributed by atoms with Gasteiger partial charge in [0.25, 0.3) is 0 Å². The van der Waals surface area contributed by atoms with Gasteiger partial charge >= 0.3 is 6.18 Å². The predicted octanol–water partition coefficient (Wildman–Crippen LogP) is 2.45. The number of hydrogen-bond donors (Lipinski definition) is 1. The Morgan fingerprint density at radius 1 is 1.35 bits per heavy atom. The van der Waals surface area contributed by atoms with Gasteiger partial charge < -0.3 is 10.6 Å². The maximum Gasteiger partial charge on any atom is 0.433 e. The van der Waals surface area contributed by atoms with Crippen molar-refractivity contribution < 1.29 is 13.2 Å². The van der Waals surface area contributed by atoms with Crippen molar-refractivity contribution in [1.82, 2.24) is 9.97 Å². The summed E-state index contributed by atoms with van der Waals surface area (Å²) in [7, 11) is 1.74. The van der Waals surface area contributed by atoms with Gasteiger partial charge in [-0.05, 0) is 31.4 Å². The smallest absolute Gasteiger partial charge is 0.341 e. The maximum absolute atomic E-state index is 12.7. The standard InChI is InChI=1S/C13H19F3N4/c1-20(10-5-3-2-4-9(10)8-17)12-18-7-6-11(19-12)13(14,15)16/h6-7,9-10H,2-5,8,17H2,1H3. The molecule has 1 aliphatic carbocycles. The lowest BCUT2D eigenvalue weighted by atomic mass is 9.84. The lowest BCUT2D eigenvalue weighted by Gasteiger charge is -2.37. The minimum atomic E-state index is -4.45. The highest BCUT2D eigenvalue weighted by molar-refractivity contribution is 5.32. The van der Waals surface area contributed by atoms with E-state index in [0.717, 1.165) is 37.9 Å². The first kappa shape index (κ1) is 15.0. The van der Waals surface area contributed by atoms with Crippen molar-refractivity contribution in [2.75, 3.05) is 18.5 Å². The zero-order valence-corrected chi connectivity index (χ0v) is 11.4. The third-order valence-electron chi connectivity index (χ3n) is 3.92. The van der Waals surface area contributed by atoms with Crippen LogP contribution < -0.4 is 10.6 Å². The van der Waals surface area contributed by atoms with Gasteiger partial charge in [0.2, 0.25) is 5.95 Å². The van der Waals surface area contributed by atoms with Crippen LogP contribution in [-0.4, -0.2) is 29.6 Å². The zero-order valence-electron chi connectivity index (χ0n) is 11.4. The number of aromatic nitrogens is 2. The number of nitrogens with two attached hydrogens (primary N) is 1. The minimum Gasteiger partial charge on any atom is -0.341 e. The van der Waals surface area contributed by atoms with Crippen LogP contribution in [0.15, 0.2) is 12.3 Å². The molecule has 7 heteroatoms. The number of halogens is 3. The Bertz CT molecular complexity index is 449. The first-order chi connectivity index (χ1) is 9.43. The number of alkyl halides is 3. The summed E-state index contributed by atoms with van der Waals surface area (Å²) in [5, 5.41) is 0. The van der Waals surface area contributed by atoms with E-state index in [4.69, 9.17) is 5.73 Å². The van der Waals surface area contributed by atoms with Crippen LogP contribution in [0.25, 0.3) is 0 Å². The van der Waals surface area contributed by atoms with Gasteiger partial charge in [0.1, 0.15) is 5.69 Å². The fourth-order valence-electron chi connectivity index (χ4n) is 2.80. The second-order valence-electron chi connectivity index (χ2n) is 5.20. The molecule has 1 aromatic rings. The van der Waals surface area contributed by atoms with Crippen LogP contribution in [0.5, 0.6) is 0 Å². The van der Waals surface area contributed by atoms with Crippen LogP contribution in [0.1, 0.15) is 31.4 Å². The third-order valence-corrected chi connectivity index (χ3v) is 3.92. The molecule has 1 saturated carbocycles. The molecule has 0 saturated heterocycles. The van der Waals surface area contributed by atoms with E-state index < -0.39 is 11.9 Å². The molecule has 0 aliphatic heterocycles. The Morgan fingerprint density at radius 3 is 2.70 bits per heavy atom. The van der Waals surface area contributed by atoms with E-state index in [0.29, 0.717) is 6.54 Å². The van der Waals surface area contributed by atoms with Crippen LogP contribution in [0, 0.1) is 5.92 Å². The summed E-state index contributed by atoms with van der Waals surface area (Å²) in [5.74, 6) is 0.400. The van der Waals surface area contributed by atoms with E-state index >= 15 is 0 Å². The fourth-order valence-corrected chi connectivity index (χ4v) is 2.80. The van der Waals surface area contributed by atoms with Crippen LogP contribution in [-0.2, 0) is 6.18 Å². The molecular formula is C13H19F3N4. The Hall–Kier alpha value is -1.37. The van der Waals surface area contributed by atoms with E-state index in [9.17, 15) is 13.2 Å². The van der Waals surface area contributed by atoms with Gasteiger partial charge in [-0.1, -0.05) is 12.8 Å². The molecule has 2 atom stereocenters. The van der Waals surface area contributed by atoms with E-state index in [-0.39, 0.29) is 17.9 Å². The second kappa shape index (κ2) is 5.95. The average Bonchev–Trinajstić information content (AvgIpc) is 2.45. The third kappa shape index (κ3) is 3.20. The van der Waals surface area contributed by atoms with E-state index in [2.05, 4.69) is 9.97 Å². The van der Waals surface area contributed by atoms with Crippen molar-refractivity contribution in [3.63, 3.8) is 0 Å². The Labute approximate surface area is 116 Å². The van der Waals surface area contributed by atoms with Crippen LogP contribution >= 0.6 is 0 Å². The van der Waals surface area contributed by atoms with E-state index in [1.807, 2.05) is 0 Å². The highest BCUT2D eigenvalue weighted by atomic mass is 19.4. The molecule has 112 valence electrons. The van der Waals surface area contributed by atoms with Crippen molar-refractivity contribution in [2.24, 2.45) is 11.7 Å². The van der Waals surface area contributed by atoms with Crippen molar-refractivity contribution in [2.45, 2.75) is 37.9 Å². The summed E-state index contributed by atoms with van der Waals surface area (Å²) in [4.78, 5) is 9.35. The number of anilines is 1. The molecule has 1 aliphatic rings. The molecule has 2 unspecified atom stereocenters. The molecule has 2 rings (SSSR count). The molecule has 1 heterocycles. The number of nitrogens with zero attached hydrogens (tertiary/aromatic N) is 3. The summed E-state index contributed by atoms with van der Waals surface area (Å²) >= 11 is 0. The van der Waals surface area contributed by atoms with Crippen LogP contribution in [0.4, 0.5) is 19.1 Å². The quantitative estimate of drug-likeness (QED) is 0.928. The SMILES string of the molecule is CN(c1nccc(C(F)(F)F)n1)C1CCCCC1CN.